The molecule has 90 valence electrons. The van der Waals surface area contributed by atoms with Crippen molar-refractivity contribution in [3.8, 4) is 0 Å². The van der Waals surface area contributed by atoms with E-state index in [4.69, 9.17) is 5.73 Å². The molecule has 0 amide bonds. The zero-order valence-electron chi connectivity index (χ0n) is 9.33. The fourth-order valence-corrected chi connectivity index (χ4v) is 2.21. The first-order valence-electron chi connectivity index (χ1n) is 5.65. The van der Waals surface area contributed by atoms with E-state index in [1.54, 1.807) is 0 Å². The molecule has 7 nitrogen and oxygen atoms in total. The maximum absolute atomic E-state index is 11.3. The second-order valence-electron chi connectivity index (χ2n) is 4.34. The summed E-state index contributed by atoms with van der Waals surface area (Å²) in [6.45, 7) is 2.59. The highest BCUT2D eigenvalue weighted by atomic mass is 16.1. The van der Waals surface area contributed by atoms with Crippen LogP contribution in [-0.2, 0) is 0 Å². The molecule has 3 rings (SSSR count). The fraction of sp³-hybridized carbons (Fsp3) is 0.500. The van der Waals surface area contributed by atoms with Crippen LogP contribution < -0.4 is 16.3 Å². The molecular formula is C10H14N6O. The third-order valence-electron chi connectivity index (χ3n) is 3.24. The van der Waals surface area contributed by atoms with E-state index in [9.17, 15) is 4.79 Å². The molecule has 3 heterocycles. The van der Waals surface area contributed by atoms with Crippen LogP contribution in [0.2, 0.25) is 0 Å². The van der Waals surface area contributed by atoms with Gasteiger partial charge in [0.05, 0.1) is 0 Å². The Balaban J connectivity index is 1.93. The Hall–Kier alpha value is -1.89. The van der Waals surface area contributed by atoms with Crippen molar-refractivity contribution in [2.75, 3.05) is 24.5 Å². The molecule has 1 saturated heterocycles. The lowest BCUT2D eigenvalue weighted by Gasteiger charge is -2.16. The Kier molecular flexibility index (Phi) is 2.32. The first-order valence-corrected chi connectivity index (χ1v) is 5.65. The minimum atomic E-state index is -0.264. The van der Waals surface area contributed by atoms with E-state index >= 15 is 0 Å². The van der Waals surface area contributed by atoms with Gasteiger partial charge in [-0.2, -0.15) is 5.10 Å². The van der Waals surface area contributed by atoms with Gasteiger partial charge in [0.15, 0.2) is 5.65 Å². The lowest BCUT2D eigenvalue weighted by molar-refractivity contribution is 0.602. The number of nitrogens with one attached hydrogen (secondary N) is 1. The number of hydrogen-bond acceptors (Lipinski definition) is 5. The normalized spacial score (nSPS) is 20.3. The maximum Gasteiger partial charge on any atom is 0.348 e. The van der Waals surface area contributed by atoms with E-state index in [1.807, 2.05) is 6.07 Å². The molecule has 0 bridgehead atoms. The van der Waals surface area contributed by atoms with E-state index in [0.717, 1.165) is 25.3 Å². The van der Waals surface area contributed by atoms with Gasteiger partial charge in [0.2, 0.25) is 0 Å². The number of nitrogens with two attached hydrogens (primary N) is 1. The lowest BCUT2D eigenvalue weighted by atomic mass is 10.1. The molecule has 3 N–H and O–H groups in total. The molecule has 1 atom stereocenters. The van der Waals surface area contributed by atoms with E-state index in [2.05, 4.69) is 20.1 Å². The van der Waals surface area contributed by atoms with E-state index in [-0.39, 0.29) is 5.69 Å². The van der Waals surface area contributed by atoms with E-state index in [0.29, 0.717) is 18.1 Å². The average molecular weight is 234 g/mol. The Bertz CT molecular complexity index is 588. The van der Waals surface area contributed by atoms with Crippen LogP contribution in [0.25, 0.3) is 5.65 Å². The molecule has 2 aromatic rings. The average Bonchev–Trinajstić information content (AvgIpc) is 2.96. The topological polar surface area (TPSA) is 92.3 Å². The molecule has 1 fully saturated rings. The zero-order valence-corrected chi connectivity index (χ0v) is 9.33. The van der Waals surface area contributed by atoms with Crippen LogP contribution >= 0.6 is 0 Å². The number of nitrogens with zero attached hydrogens (tertiary/aromatic N) is 4. The van der Waals surface area contributed by atoms with Crippen molar-refractivity contribution in [1.29, 1.82) is 0 Å². The third-order valence-corrected chi connectivity index (χ3v) is 3.24. The van der Waals surface area contributed by atoms with Gasteiger partial charge >= 0.3 is 5.69 Å². The van der Waals surface area contributed by atoms with Crippen molar-refractivity contribution < 1.29 is 0 Å². The maximum atomic E-state index is 11.3. The summed E-state index contributed by atoms with van der Waals surface area (Å²) in [5.74, 6) is 1.39. The summed E-state index contributed by atoms with van der Waals surface area (Å²) >= 11 is 0. The summed E-state index contributed by atoms with van der Waals surface area (Å²) in [7, 11) is 0. The summed E-state index contributed by atoms with van der Waals surface area (Å²) < 4.78 is 1.39. The molecular weight excluding hydrogens is 220 g/mol. The van der Waals surface area contributed by atoms with E-state index < -0.39 is 0 Å². The van der Waals surface area contributed by atoms with Crippen molar-refractivity contribution in [2.24, 2.45) is 11.7 Å². The van der Waals surface area contributed by atoms with Gasteiger partial charge in [0.1, 0.15) is 12.1 Å². The van der Waals surface area contributed by atoms with Crippen molar-refractivity contribution in [2.45, 2.75) is 6.42 Å². The van der Waals surface area contributed by atoms with Crippen molar-refractivity contribution in [3.63, 3.8) is 0 Å². The van der Waals surface area contributed by atoms with Gasteiger partial charge in [-0.05, 0) is 18.9 Å². The molecule has 1 unspecified atom stereocenters. The first kappa shape index (κ1) is 10.3. The monoisotopic (exact) mass is 234 g/mol. The minimum Gasteiger partial charge on any atom is -0.356 e. The second kappa shape index (κ2) is 3.85. The molecule has 0 aromatic carbocycles. The number of H-pyrrole nitrogens is 1. The molecule has 7 heteroatoms. The highest BCUT2D eigenvalue weighted by Gasteiger charge is 2.22. The summed E-state index contributed by atoms with van der Waals surface area (Å²) in [4.78, 5) is 17.7. The summed E-state index contributed by atoms with van der Waals surface area (Å²) in [6, 6.07) is 1.82. The third kappa shape index (κ3) is 1.68. The predicted octanol–water partition coefficient (Wildman–Crippen LogP) is -0.797. The number of rotatable bonds is 2. The number of fused-ring (bicyclic) bond motifs is 1. The number of hydrogen-bond donors (Lipinski definition) is 2. The van der Waals surface area contributed by atoms with Crippen LogP contribution in [0.4, 0.5) is 5.82 Å². The van der Waals surface area contributed by atoms with Gasteiger partial charge in [-0.1, -0.05) is 0 Å². The van der Waals surface area contributed by atoms with E-state index in [1.165, 1.54) is 10.7 Å². The van der Waals surface area contributed by atoms with Crippen LogP contribution in [0.1, 0.15) is 6.42 Å². The van der Waals surface area contributed by atoms with Crippen LogP contribution in [0.15, 0.2) is 17.2 Å². The van der Waals surface area contributed by atoms with Crippen molar-refractivity contribution in [3.05, 3.63) is 22.9 Å². The Morgan fingerprint density at radius 2 is 2.47 bits per heavy atom. The summed E-state index contributed by atoms with van der Waals surface area (Å²) in [6.07, 6.45) is 2.60. The van der Waals surface area contributed by atoms with Crippen LogP contribution in [0, 0.1) is 5.92 Å². The predicted molar refractivity (Wildman–Crippen MR) is 63.0 cm³/mol. The van der Waals surface area contributed by atoms with Crippen LogP contribution in [0.5, 0.6) is 0 Å². The van der Waals surface area contributed by atoms with Crippen molar-refractivity contribution >= 4 is 11.5 Å². The molecule has 1 aliphatic heterocycles. The summed E-state index contributed by atoms with van der Waals surface area (Å²) in [5, 5.41) is 6.32. The smallest absolute Gasteiger partial charge is 0.348 e. The zero-order chi connectivity index (χ0) is 11.8. The van der Waals surface area contributed by atoms with Gasteiger partial charge in [0, 0.05) is 19.2 Å². The molecule has 17 heavy (non-hydrogen) atoms. The van der Waals surface area contributed by atoms with Crippen molar-refractivity contribution in [1.82, 2.24) is 19.6 Å². The van der Waals surface area contributed by atoms with Crippen LogP contribution in [-0.4, -0.2) is 39.2 Å². The van der Waals surface area contributed by atoms with Gasteiger partial charge in [0.25, 0.3) is 0 Å². The Labute approximate surface area is 97.3 Å². The molecule has 0 aliphatic carbocycles. The summed E-state index contributed by atoms with van der Waals surface area (Å²) in [5.41, 5.74) is 5.99. The molecule has 0 spiro atoms. The Morgan fingerprint density at radius 1 is 1.59 bits per heavy atom. The standard InChI is InChI=1S/C10H14N6O/c11-4-7-1-2-15(5-7)8-3-9-13-14-10(17)16(9)6-12-8/h3,6-7H,1-2,4-5,11H2,(H,14,17). The minimum absolute atomic E-state index is 0.264. The number of aromatic nitrogens is 4. The molecule has 0 saturated carbocycles. The SMILES string of the molecule is NCC1CCN(c2cc3n[nH]c(=O)n3cn2)C1. The quantitative estimate of drug-likeness (QED) is 0.710. The second-order valence-corrected chi connectivity index (χ2v) is 4.34. The molecule has 0 radical (unpaired) electrons. The lowest BCUT2D eigenvalue weighted by Crippen LogP contribution is -2.23. The number of aromatic amines is 1. The molecule has 2 aromatic heterocycles. The van der Waals surface area contributed by atoms with Gasteiger partial charge in [-0.15, -0.1) is 0 Å². The van der Waals surface area contributed by atoms with Gasteiger partial charge < -0.3 is 10.6 Å². The molecule has 1 aliphatic rings. The first-order chi connectivity index (χ1) is 8.28. The largest absolute Gasteiger partial charge is 0.356 e. The van der Waals surface area contributed by atoms with Crippen LogP contribution in [0.3, 0.4) is 0 Å². The highest BCUT2D eigenvalue weighted by molar-refractivity contribution is 5.50. The number of anilines is 1. The Morgan fingerprint density at radius 3 is 3.24 bits per heavy atom. The highest BCUT2D eigenvalue weighted by Crippen LogP contribution is 2.21. The van der Waals surface area contributed by atoms with Gasteiger partial charge in [-0.3, -0.25) is 0 Å². The fourth-order valence-electron chi connectivity index (χ4n) is 2.21. The van der Waals surface area contributed by atoms with Gasteiger partial charge in [-0.25, -0.2) is 19.3 Å².